The third-order valence-electron chi connectivity index (χ3n) is 2.61. The van der Waals surface area contributed by atoms with Crippen LogP contribution in [-0.4, -0.2) is 45.0 Å². The van der Waals surface area contributed by atoms with Crippen LogP contribution in [0, 0.1) is 0 Å². The summed E-state index contributed by atoms with van der Waals surface area (Å²) in [6, 6.07) is 6.44. The van der Waals surface area contributed by atoms with E-state index >= 15 is 0 Å². The molecular weight excluding hydrogens is 303 g/mol. The molecule has 2 rings (SSSR count). The molecule has 1 atom stereocenters. The molecule has 1 N–H and O–H groups in total. The first-order valence-electron chi connectivity index (χ1n) is 6.18. The van der Waals surface area contributed by atoms with Gasteiger partial charge in [0, 0.05) is 5.69 Å². The second-order valence-electron chi connectivity index (χ2n) is 4.36. The summed E-state index contributed by atoms with van der Waals surface area (Å²) >= 11 is 0. The molecule has 0 saturated carbocycles. The molecule has 118 valence electrons. The van der Waals surface area contributed by atoms with Crippen LogP contribution in [0.1, 0.15) is 6.92 Å². The first-order chi connectivity index (χ1) is 10.3. The number of rotatable bonds is 5. The van der Waals surface area contributed by atoms with Crippen molar-refractivity contribution in [3.05, 3.63) is 30.6 Å². The number of hydrogen-bond acceptors (Lipinski definition) is 5. The fourth-order valence-corrected chi connectivity index (χ4v) is 1.52. The molecule has 7 nitrogen and oxygen atoms in total. The van der Waals surface area contributed by atoms with E-state index in [1.54, 1.807) is 24.3 Å². The quantitative estimate of drug-likeness (QED) is 0.905. The average Bonchev–Trinajstić information content (AvgIpc) is 2.99. The second-order valence-corrected chi connectivity index (χ2v) is 4.36. The lowest BCUT2D eigenvalue weighted by Gasteiger charge is -2.14. The van der Waals surface area contributed by atoms with Gasteiger partial charge in [-0.15, -0.1) is 5.10 Å². The van der Waals surface area contributed by atoms with Crippen LogP contribution in [-0.2, 0) is 9.53 Å². The van der Waals surface area contributed by atoms with Gasteiger partial charge in [0.15, 0.2) is 0 Å². The summed E-state index contributed by atoms with van der Waals surface area (Å²) in [5.41, 5.74) is 1.09. The van der Waals surface area contributed by atoms with Gasteiger partial charge in [0.25, 0.3) is 5.91 Å². The van der Waals surface area contributed by atoms with Crippen LogP contribution < -0.4 is 5.32 Å². The van der Waals surface area contributed by atoms with Crippen molar-refractivity contribution in [3.63, 3.8) is 0 Å². The number of aromatic nitrogens is 4. The largest absolute Gasteiger partial charge is 0.411 e. The van der Waals surface area contributed by atoms with Gasteiger partial charge in [-0.1, -0.05) is 0 Å². The van der Waals surface area contributed by atoms with Gasteiger partial charge in [0.1, 0.15) is 19.0 Å². The number of hydrogen-bond donors (Lipinski definition) is 1. The van der Waals surface area contributed by atoms with Crippen LogP contribution in [0.15, 0.2) is 30.6 Å². The molecule has 0 saturated heterocycles. The fraction of sp³-hybridized carbons (Fsp3) is 0.333. The summed E-state index contributed by atoms with van der Waals surface area (Å²) in [4.78, 5) is 11.7. The number of carbonyl (C=O) groups excluding carboxylic acids is 1. The lowest BCUT2D eigenvalue weighted by atomic mass is 10.2. The van der Waals surface area contributed by atoms with Gasteiger partial charge >= 0.3 is 6.18 Å². The molecule has 0 spiro atoms. The summed E-state index contributed by atoms with van der Waals surface area (Å²) in [6.45, 7) is -0.226. The van der Waals surface area contributed by atoms with E-state index in [1.807, 2.05) is 0 Å². The number of carbonyl (C=O) groups is 1. The van der Waals surface area contributed by atoms with Crippen molar-refractivity contribution in [2.75, 3.05) is 11.9 Å². The van der Waals surface area contributed by atoms with Crippen LogP contribution in [0.5, 0.6) is 0 Å². The van der Waals surface area contributed by atoms with Crippen LogP contribution in [0.25, 0.3) is 5.69 Å². The van der Waals surface area contributed by atoms with Gasteiger partial charge in [-0.3, -0.25) is 4.79 Å². The van der Waals surface area contributed by atoms with E-state index in [0.29, 0.717) is 11.4 Å². The molecule has 1 unspecified atom stereocenters. The topological polar surface area (TPSA) is 81.9 Å². The highest BCUT2D eigenvalue weighted by molar-refractivity contribution is 5.93. The Balaban J connectivity index is 1.91. The summed E-state index contributed by atoms with van der Waals surface area (Å²) in [6.07, 6.45) is -4.29. The first kappa shape index (κ1) is 15.9. The highest BCUT2D eigenvalue weighted by atomic mass is 19.4. The van der Waals surface area contributed by atoms with Crippen LogP contribution in [0.2, 0.25) is 0 Å². The number of ether oxygens (including phenoxy) is 1. The zero-order valence-electron chi connectivity index (χ0n) is 11.4. The minimum atomic E-state index is -4.47. The third-order valence-corrected chi connectivity index (χ3v) is 2.61. The number of nitrogens with zero attached hydrogens (tertiary/aromatic N) is 4. The van der Waals surface area contributed by atoms with Crippen LogP contribution in [0.4, 0.5) is 18.9 Å². The molecule has 1 amide bonds. The summed E-state index contributed by atoms with van der Waals surface area (Å²) < 4.78 is 41.9. The Morgan fingerprint density at radius 3 is 2.59 bits per heavy atom. The number of amides is 1. The molecule has 0 aliphatic heterocycles. The van der Waals surface area contributed by atoms with Crippen molar-refractivity contribution in [1.82, 2.24) is 20.2 Å². The zero-order chi connectivity index (χ0) is 16.2. The van der Waals surface area contributed by atoms with E-state index in [0.717, 1.165) is 0 Å². The van der Waals surface area contributed by atoms with Crippen molar-refractivity contribution in [2.24, 2.45) is 0 Å². The molecule has 0 bridgehead atoms. The van der Waals surface area contributed by atoms with Crippen LogP contribution >= 0.6 is 0 Å². The SMILES string of the molecule is CC(OCC(F)(F)F)C(=O)Nc1ccc(-n2cnnn2)cc1. The second kappa shape index (κ2) is 6.52. The Morgan fingerprint density at radius 1 is 1.36 bits per heavy atom. The maximum Gasteiger partial charge on any atom is 0.411 e. The molecule has 22 heavy (non-hydrogen) atoms. The number of tetrazole rings is 1. The predicted molar refractivity (Wildman–Crippen MR) is 69.3 cm³/mol. The molecule has 10 heteroatoms. The number of alkyl halides is 3. The minimum absolute atomic E-state index is 0.421. The highest BCUT2D eigenvalue weighted by Gasteiger charge is 2.29. The van der Waals surface area contributed by atoms with Crippen molar-refractivity contribution < 1.29 is 22.7 Å². The van der Waals surface area contributed by atoms with Gasteiger partial charge in [-0.2, -0.15) is 13.2 Å². The smallest absolute Gasteiger partial charge is 0.359 e. The van der Waals surface area contributed by atoms with Gasteiger partial charge < -0.3 is 10.1 Å². The van der Waals surface area contributed by atoms with Crippen molar-refractivity contribution in [3.8, 4) is 5.69 Å². The molecule has 0 fully saturated rings. The van der Waals surface area contributed by atoms with Crippen molar-refractivity contribution in [1.29, 1.82) is 0 Å². The number of benzene rings is 1. The Hall–Kier alpha value is -2.49. The molecule has 0 aliphatic carbocycles. The third kappa shape index (κ3) is 4.52. The highest BCUT2D eigenvalue weighted by Crippen LogP contribution is 2.16. The van der Waals surface area contributed by atoms with Gasteiger partial charge in [-0.25, -0.2) is 4.68 Å². The Kier molecular flexibility index (Phi) is 4.71. The van der Waals surface area contributed by atoms with Crippen molar-refractivity contribution in [2.45, 2.75) is 19.2 Å². The predicted octanol–water partition coefficient (Wildman–Crippen LogP) is 1.57. The molecule has 2 aromatic rings. The van der Waals surface area contributed by atoms with Crippen molar-refractivity contribution >= 4 is 11.6 Å². The molecule has 0 aliphatic rings. The van der Waals surface area contributed by atoms with E-state index in [1.165, 1.54) is 17.9 Å². The van der Waals surface area contributed by atoms with Gasteiger partial charge in [0.2, 0.25) is 0 Å². The first-order valence-corrected chi connectivity index (χ1v) is 6.18. The standard InChI is InChI=1S/C12H12F3N5O2/c1-8(22-6-12(13,14)15)11(21)17-9-2-4-10(5-3-9)20-7-16-18-19-20/h2-5,7-8H,6H2,1H3,(H,17,21). The molecular formula is C12H12F3N5O2. The maximum absolute atomic E-state index is 12.0. The monoisotopic (exact) mass is 315 g/mol. The Labute approximate surface area is 123 Å². The van der Waals surface area contributed by atoms with Gasteiger partial charge in [0.05, 0.1) is 5.69 Å². The van der Waals surface area contributed by atoms with E-state index in [-0.39, 0.29) is 0 Å². The normalized spacial score (nSPS) is 12.9. The molecule has 1 heterocycles. The van der Waals surface area contributed by atoms with E-state index in [4.69, 9.17) is 0 Å². The fourth-order valence-electron chi connectivity index (χ4n) is 1.52. The van der Waals surface area contributed by atoms with E-state index in [9.17, 15) is 18.0 Å². The Bertz CT molecular complexity index is 613. The van der Waals surface area contributed by atoms with E-state index < -0.39 is 24.8 Å². The molecule has 1 aromatic heterocycles. The summed E-state index contributed by atoms with van der Waals surface area (Å²) in [5.74, 6) is -0.667. The summed E-state index contributed by atoms with van der Waals surface area (Å²) in [7, 11) is 0. The number of nitrogens with one attached hydrogen (secondary N) is 1. The average molecular weight is 315 g/mol. The zero-order valence-corrected chi connectivity index (χ0v) is 11.4. The summed E-state index contributed by atoms with van der Waals surface area (Å²) in [5, 5.41) is 13.1. The molecule has 0 radical (unpaired) electrons. The number of halogens is 3. The molecule has 1 aromatic carbocycles. The number of anilines is 1. The minimum Gasteiger partial charge on any atom is -0.359 e. The lowest BCUT2D eigenvalue weighted by Crippen LogP contribution is -2.31. The van der Waals surface area contributed by atoms with E-state index in [2.05, 4.69) is 25.6 Å². The maximum atomic E-state index is 12.0. The van der Waals surface area contributed by atoms with Crippen LogP contribution in [0.3, 0.4) is 0 Å². The lowest BCUT2D eigenvalue weighted by molar-refractivity contribution is -0.184. The van der Waals surface area contributed by atoms with Gasteiger partial charge in [-0.05, 0) is 41.6 Å². The Morgan fingerprint density at radius 2 is 2.05 bits per heavy atom.